The molecule has 0 radical (unpaired) electrons. The van der Waals surface area contributed by atoms with Crippen LogP contribution in [0.25, 0.3) is 0 Å². The van der Waals surface area contributed by atoms with E-state index in [0.29, 0.717) is 17.4 Å². The van der Waals surface area contributed by atoms with Crippen molar-refractivity contribution in [3.8, 4) is 0 Å². The van der Waals surface area contributed by atoms with Crippen LogP contribution >= 0.6 is 7.82 Å². The van der Waals surface area contributed by atoms with Crippen molar-refractivity contribution in [2.24, 2.45) is 0 Å². The van der Waals surface area contributed by atoms with Crippen molar-refractivity contribution in [1.82, 2.24) is 5.32 Å². The fourth-order valence-electron chi connectivity index (χ4n) is 5.35. The molecule has 0 bridgehead atoms. The molecule has 0 aromatic carbocycles. The number of unbranched alkanes of at least 4 members (excludes halogenated alkanes) is 13. The van der Waals surface area contributed by atoms with Crippen LogP contribution in [0.15, 0.2) is 72.9 Å². The van der Waals surface area contributed by atoms with E-state index in [2.05, 4.69) is 79.9 Å². The zero-order chi connectivity index (χ0) is 39.3. The second kappa shape index (κ2) is 35.6. The smallest absolute Gasteiger partial charge is 0.387 e. The van der Waals surface area contributed by atoms with Gasteiger partial charge in [-0.3, -0.25) is 13.8 Å². The van der Waals surface area contributed by atoms with Gasteiger partial charge in [-0.1, -0.05) is 157 Å². The number of nitrogens with zero attached hydrogens (tertiary/aromatic N) is 1. The first-order valence-corrected chi connectivity index (χ1v) is 22.3. The molecule has 0 saturated carbocycles. The number of hydrogen-bond acceptors (Lipinski definition) is 5. The minimum Gasteiger partial charge on any atom is -0.387 e. The average Bonchev–Trinajstić information content (AvgIpc) is 3.10. The molecule has 1 amide bonds. The summed E-state index contributed by atoms with van der Waals surface area (Å²) in [6.45, 7) is 4.52. The number of phosphoric acid groups is 1. The van der Waals surface area contributed by atoms with Crippen molar-refractivity contribution in [3.05, 3.63) is 72.9 Å². The van der Waals surface area contributed by atoms with Crippen LogP contribution in [-0.4, -0.2) is 73.4 Å². The maximum absolute atomic E-state index is 12.7. The van der Waals surface area contributed by atoms with E-state index >= 15 is 0 Å². The lowest BCUT2D eigenvalue weighted by atomic mass is 10.0. The van der Waals surface area contributed by atoms with Crippen LogP contribution in [-0.2, 0) is 18.4 Å². The Hall–Kier alpha value is -2.06. The molecule has 0 aromatic rings. The summed E-state index contributed by atoms with van der Waals surface area (Å²) in [7, 11) is 1.55. The number of nitrogens with one attached hydrogen (secondary N) is 1. The highest BCUT2D eigenvalue weighted by atomic mass is 31.2. The van der Waals surface area contributed by atoms with Gasteiger partial charge in [-0.15, -0.1) is 0 Å². The Kier molecular flexibility index (Phi) is 34.2. The van der Waals surface area contributed by atoms with E-state index < -0.39 is 20.0 Å². The van der Waals surface area contributed by atoms with Crippen molar-refractivity contribution in [2.75, 3.05) is 40.9 Å². The highest BCUT2D eigenvalue weighted by molar-refractivity contribution is 7.47. The van der Waals surface area contributed by atoms with E-state index in [4.69, 9.17) is 9.05 Å². The molecule has 3 N–H and O–H groups in total. The maximum atomic E-state index is 12.7. The van der Waals surface area contributed by atoms with E-state index in [-0.39, 0.29) is 19.1 Å². The summed E-state index contributed by atoms with van der Waals surface area (Å²) in [6, 6.07) is -0.846. The average molecular weight is 764 g/mol. The quantitative estimate of drug-likeness (QED) is 0.0254. The molecule has 0 aliphatic heterocycles. The Bertz CT molecular complexity index is 1090. The summed E-state index contributed by atoms with van der Waals surface area (Å²) in [5.74, 6) is -0.195. The fourth-order valence-corrected chi connectivity index (χ4v) is 6.08. The number of carbonyl (C=O) groups is 1. The molecule has 0 spiro atoms. The summed E-state index contributed by atoms with van der Waals surface area (Å²) < 4.78 is 23.3. The van der Waals surface area contributed by atoms with Crippen molar-refractivity contribution in [3.63, 3.8) is 0 Å². The molecule has 0 aliphatic carbocycles. The van der Waals surface area contributed by atoms with Crippen LogP contribution in [0.5, 0.6) is 0 Å². The van der Waals surface area contributed by atoms with Gasteiger partial charge in [0.1, 0.15) is 13.2 Å². The van der Waals surface area contributed by atoms with Gasteiger partial charge in [0.2, 0.25) is 5.91 Å². The van der Waals surface area contributed by atoms with Gasteiger partial charge >= 0.3 is 7.82 Å². The number of allylic oxidation sites excluding steroid dienone is 11. The molecule has 53 heavy (non-hydrogen) atoms. The molecular formula is C44H80N2O6P+. The Morgan fingerprint density at radius 1 is 0.660 bits per heavy atom. The first kappa shape index (κ1) is 50.9. The zero-order valence-electron chi connectivity index (χ0n) is 34.5. The highest BCUT2D eigenvalue weighted by Crippen LogP contribution is 2.43. The predicted octanol–water partition coefficient (Wildman–Crippen LogP) is 11.2. The molecule has 3 atom stereocenters. The molecule has 0 heterocycles. The van der Waals surface area contributed by atoms with E-state index in [9.17, 15) is 19.4 Å². The minimum absolute atomic E-state index is 0.0563. The second-order valence-electron chi connectivity index (χ2n) is 15.0. The molecule has 0 aromatic heterocycles. The number of carbonyl (C=O) groups excluding carboxylic acids is 1. The SMILES string of the molecule is CC/C=C\C/C=C\C/C=C\C/C=C\C/C=C\CCCCCCCCCCCCCC(=O)NC(COP(=O)(O)OCC[N+](C)(C)C)C(O)/C=C/CCCC. The van der Waals surface area contributed by atoms with Gasteiger partial charge in [0, 0.05) is 6.42 Å². The first-order valence-electron chi connectivity index (χ1n) is 20.8. The number of likely N-dealkylation sites (N-methyl/N-ethyl adjacent to an activating group) is 1. The topological polar surface area (TPSA) is 105 Å². The summed E-state index contributed by atoms with van der Waals surface area (Å²) in [4.78, 5) is 22.8. The number of amides is 1. The normalized spacial score (nSPS) is 15.2. The summed E-state index contributed by atoms with van der Waals surface area (Å²) in [5, 5.41) is 13.5. The van der Waals surface area contributed by atoms with E-state index in [1.807, 2.05) is 27.2 Å². The lowest BCUT2D eigenvalue weighted by Crippen LogP contribution is -2.45. The molecular weight excluding hydrogens is 683 g/mol. The van der Waals surface area contributed by atoms with Gasteiger partial charge in [-0.25, -0.2) is 4.57 Å². The molecule has 0 saturated heterocycles. The summed E-state index contributed by atoms with van der Waals surface area (Å²) >= 11 is 0. The van der Waals surface area contributed by atoms with Gasteiger partial charge in [0.05, 0.1) is 39.9 Å². The standard InChI is InChI=1S/C44H79N2O6P/c1-6-8-10-12-13-14-15-16-17-18-19-20-21-22-23-24-25-26-27-28-29-30-31-32-33-34-36-38-44(48)45-42(43(47)37-35-11-9-7-2)41-52-53(49,50)51-40-39-46(3,4)5/h8,10,13-14,16-17,19-20,22-23,35,37,42-43,47H,6-7,9,11-12,15,18,21,24-34,36,38-41H2,1-5H3,(H-,45,48,49,50)/p+1/b10-8-,14-13-,17-16-,20-19-,23-22-,37-35+. The van der Waals surface area contributed by atoms with Crippen LogP contribution in [0.2, 0.25) is 0 Å². The zero-order valence-corrected chi connectivity index (χ0v) is 35.4. The Morgan fingerprint density at radius 2 is 1.13 bits per heavy atom. The number of rotatable bonds is 36. The predicted molar refractivity (Wildman–Crippen MR) is 226 cm³/mol. The van der Waals surface area contributed by atoms with Crippen molar-refractivity contribution in [1.29, 1.82) is 0 Å². The van der Waals surface area contributed by atoms with Gasteiger partial charge in [0.15, 0.2) is 0 Å². The number of aliphatic hydroxyl groups is 1. The fraction of sp³-hybridized carbons (Fsp3) is 0.705. The van der Waals surface area contributed by atoms with Crippen molar-refractivity contribution >= 4 is 13.7 Å². The summed E-state index contributed by atoms with van der Waals surface area (Å²) in [5.41, 5.74) is 0. The Morgan fingerprint density at radius 3 is 1.64 bits per heavy atom. The minimum atomic E-state index is -4.32. The third kappa shape index (κ3) is 38.0. The lowest BCUT2D eigenvalue weighted by molar-refractivity contribution is -0.870. The number of phosphoric ester groups is 1. The lowest BCUT2D eigenvalue weighted by Gasteiger charge is -2.25. The van der Waals surface area contributed by atoms with Crippen LogP contribution < -0.4 is 5.32 Å². The van der Waals surface area contributed by atoms with E-state index in [1.54, 1.807) is 6.08 Å². The number of quaternary nitrogens is 1. The number of aliphatic hydroxyl groups excluding tert-OH is 1. The molecule has 306 valence electrons. The number of hydrogen-bond donors (Lipinski definition) is 3. The van der Waals surface area contributed by atoms with Crippen LogP contribution in [0, 0.1) is 0 Å². The van der Waals surface area contributed by atoms with Crippen LogP contribution in [0.3, 0.4) is 0 Å². The third-order valence-electron chi connectivity index (χ3n) is 8.68. The molecule has 3 unspecified atom stereocenters. The van der Waals surface area contributed by atoms with E-state index in [0.717, 1.165) is 70.6 Å². The van der Waals surface area contributed by atoms with E-state index in [1.165, 1.54) is 57.8 Å². The maximum Gasteiger partial charge on any atom is 0.472 e. The Balaban J connectivity index is 4.00. The molecule has 0 rings (SSSR count). The largest absolute Gasteiger partial charge is 0.472 e. The molecule has 0 fully saturated rings. The van der Waals surface area contributed by atoms with Crippen LogP contribution in [0.1, 0.15) is 149 Å². The van der Waals surface area contributed by atoms with Crippen molar-refractivity contribution < 1.29 is 32.9 Å². The second-order valence-corrected chi connectivity index (χ2v) is 16.4. The first-order chi connectivity index (χ1) is 25.5. The third-order valence-corrected chi connectivity index (χ3v) is 9.67. The Labute approximate surface area is 325 Å². The molecule has 9 heteroatoms. The monoisotopic (exact) mass is 764 g/mol. The van der Waals surface area contributed by atoms with Crippen LogP contribution in [0.4, 0.5) is 0 Å². The highest BCUT2D eigenvalue weighted by Gasteiger charge is 2.27. The van der Waals surface area contributed by atoms with Crippen molar-refractivity contribution in [2.45, 2.75) is 161 Å². The van der Waals surface area contributed by atoms with Gasteiger partial charge in [0.25, 0.3) is 0 Å². The summed E-state index contributed by atoms with van der Waals surface area (Å²) in [6.07, 6.45) is 47.5. The molecule has 0 aliphatic rings. The van der Waals surface area contributed by atoms with Gasteiger partial charge in [-0.05, 0) is 57.8 Å². The molecule has 8 nitrogen and oxygen atoms in total. The van der Waals surface area contributed by atoms with Gasteiger partial charge in [-0.2, -0.15) is 0 Å². The van der Waals surface area contributed by atoms with Gasteiger partial charge < -0.3 is 19.8 Å².